The average molecular weight is 650 g/mol. The molecule has 248 valence electrons. The maximum atomic E-state index is 6.74. The van der Waals surface area contributed by atoms with Crippen molar-refractivity contribution in [3.8, 4) is 20.9 Å². The third kappa shape index (κ3) is 10.8. The Morgan fingerprint density at radius 2 is 0.956 bits per heavy atom. The molecule has 0 bridgehead atoms. The molecule has 1 aromatic carbocycles. The second kappa shape index (κ2) is 20.0. The molecule has 7 heteroatoms. The molecular formula is C38H59N5S2. The topological polar surface area (TPSA) is 82.8 Å². The van der Waals surface area contributed by atoms with E-state index in [2.05, 4.69) is 48.9 Å². The summed E-state index contributed by atoms with van der Waals surface area (Å²) in [4.78, 5) is 4.16. The first kappa shape index (κ1) is 35.5. The molecular weight excluding hydrogens is 591 g/mol. The first-order valence-corrected chi connectivity index (χ1v) is 19.9. The number of thiophene rings is 2. The predicted octanol–water partition coefficient (Wildman–Crippen LogP) is 12.5. The van der Waals surface area contributed by atoms with E-state index in [0.717, 1.165) is 38.5 Å². The molecule has 0 saturated carbocycles. The number of aromatic nitrogens is 3. The fourth-order valence-electron chi connectivity index (χ4n) is 6.68. The number of anilines is 2. The molecule has 1 unspecified atom stereocenters. The van der Waals surface area contributed by atoms with Crippen molar-refractivity contribution < 1.29 is 0 Å². The van der Waals surface area contributed by atoms with Crippen LogP contribution in [0.15, 0.2) is 35.0 Å². The van der Waals surface area contributed by atoms with Crippen LogP contribution in [0.5, 0.6) is 0 Å². The minimum Gasteiger partial charge on any atom is -0.396 e. The average Bonchev–Trinajstić information content (AvgIpc) is 3.83. The molecule has 4 aromatic rings. The van der Waals surface area contributed by atoms with E-state index in [9.17, 15) is 0 Å². The molecule has 5 nitrogen and oxygen atoms in total. The molecule has 3 heterocycles. The molecule has 45 heavy (non-hydrogen) atoms. The summed E-state index contributed by atoms with van der Waals surface area (Å²) in [6.45, 7) is 5.45. The van der Waals surface area contributed by atoms with Gasteiger partial charge in [0.25, 0.3) is 0 Å². The first-order valence-electron chi connectivity index (χ1n) is 18.2. The summed E-state index contributed by atoms with van der Waals surface area (Å²) in [5.41, 5.74) is 18.3. The molecule has 4 rings (SSSR count). The lowest BCUT2D eigenvalue weighted by molar-refractivity contribution is 0.326. The predicted molar refractivity (Wildman–Crippen MR) is 200 cm³/mol. The third-order valence-corrected chi connectivity index (χ3v) is 11.1. The highest BCUT2D eigenvalue weighted by Gasteiger charge is 2.24. The zero-order chi connectivity index (χ0) is 31.7. The van der Waals surface area contributed by atoms with Crippen LogP contribution in [-0.4, -0.2) is 15.0 Å². The first-order chi connectivity index (χ1) is 22.1. The van der Waals surface area contributed by atoms with Crippen LogP contribution in [0.4, 0.5) is 11.4 Å². The summed E-state index contributed by atoms with van der Waals surface area (Å²) in [6, 6.07) is 8.33. The van der Waals surface area contributed by atoms with Gasteiger partial charge in [-0.3, -0.25) is 0 Å². The van der Waals surface area contributed by atoms with Crippen molar-refractivity contribution in [3.63, 3.8) is 0 Å². The van der Waals surface area contributed by atoms with Gasteiger partial charge in [0, 0.05) is 20.9 Å². The molecule has 0 aliphatic carbocycles. The molecule has 1 atom stereocenters. The molecule has 0 spiro atoms. The number of nitrogens with two attached hydrogens (primary N) is 2. The summed E-state index contributed by atoms with van der Waals surface area (Å²) in [5.74, 6) is 0.589. The van der Waals surface area contributed by atoms with E-state index in [0.29, 0.717) is 17.3 Å². The van der Waals surface area contributed by atoms with Gasteiger partial charge in [-0.05, 0) is 41.7 Å². The van der Waals surface area contributed by atoms with Crippen molar-refractivity contribution >= 4 is 45.1 Å². The van der Waals surface area contributed by atoms with E-state index < -0.39 is 0 Å². The number of rotatable bonds is 24. The second-order valence-corrected chi connectivity index (χ2v) is 15.0. The Bertz CT molecular complexity index is 1270. The number of unbranched alkanes of at least 4 members (excludes halogenated alkanes) is 16. The molecule has 4 N–H and O–H groups in total. The Kier molecular flexibility index (Phi) is 15.8. The minimum absolute atomic E-state index is 0.589. The highest BCUT2D eigenvalue weighted by molar-refractivity contribution is 7.14. The van der Waals surface area contributed by atoms with Crippen molar-refractivity contribution in [1.82, 2.24) is 15.0 Å². The highest BCUT2D eigenvalue weighted by Crippen LogP contribution is 2.46. The minimum atomic E-state index is 0.589. The number of hydrogen-bond donors (Lipinski definition) is 2. The number of hydrogen-bond acceptors (Lipinski definition) is 6. The van der Waals surface area contributed by atoms with E-state index in [1.54, 1.807) is 22.7 Å². The largest absolute Gasteiger partial charge is 0.396 e. The Morgan fingerprint density at radius 1 is 0.578 bits per heavy atom. The van der Waals surface area contributed by atoms with E-state index in [1.165, 1.54) is 128 Å². The van der Waals surface area contributed by atoms with Gasteiger partial charge < -0.3 is 11.5 Å². The number of fused-ring (bicyclic) bond motifs is 1. The van der Waals surface area contributed by atoms with Crippen LogP contribution in [0.25, 0.3) is 31.9 Å². The lowest BCUT2D eigenvalue weighted by Gasteiger charge is -2.16. The number of nitrogens with zero attached hydrogens (tertiary/aromatic N) is 3. The van der Waals surface area contributed by atoms with E-state index >= 15 is 0 Å². The zero-order valence-electron chi connectivity index (χ0n) is 28.2. The Labute approximate surface area is 281 Å². The van der Waals surface area contributed by atoms with Gasteiger partial charge >= 0.3 is 0 Å². The standard InChI is InChI=1S/C38H59N5S2/c1-3-5-7-9-11-13-14-16-18-20-24-30(23-19-17-15-12-10-8-6-4-2)29-43-41-37-33(31-25-21-27-44-31)35(39)36(40)34(38(37)42-43)32-26-22-28-45-32/h21-22,25-28,30H,3-20,23-24,29,39-40H2,1-2H3. The van der Waals surface area contributed by atoms with Crippen LogP contribution in [0.3, 0.4) is 0 Å². The lowest BCUT2D eigenvalue weighted by Crippen LogP contribution is -2.14. The van der Waals surface area contributed by atoms with Crippen LogP contribution in [0.1, 0.15) is 142 Å². The van der Waals surface area contributed by atoms with Gasteiger partial charge in [-0.15, -0.1) is 22.7 Å². The smallest absolute Gasteiger partial charge is 0.124 e. The number of benzene rings is 1. The Balaban J connectivity index is 1.44. The normalized spacial score (nSPS) is 12.4. The SMILES string of the molecule is CCCCCCCCCCCCC(CCCCCCCCCC)Cn1nc2c(-c3cccs3)c(N)c(N)c(-c3cccs3)c2n1. The quantitative estimate of drug-likeness (QED) is 0.0584. The van der Waals surface area contributed by atoms with E-state index in [1.807, 2.05) is 4.80 Å². The maximum Gasteiger partial charge on any atom is 0.124 e. The number of nitrogen functional groups attached to an aromatic ring is 2. The summed E-state index contributed by atoms with van der Waals surface area (Å²) in [6.07, 6.45) is 27.2. The van der Waals surface area contributed by atoms with E-state index in [-0.39, 0.29) is 0 Å². The van der Waals surface area contributed by atoms with E-state index in [4.69, 9.17) is 21.7 Å². The molecule has 0 amide bonds. The van der Waals surface area contributed by atoms with Crippen LogP contribution in [0, 0.1) is 5.92 Å². The van der Waals surface area contributed by atoms with Gasteiger partial charge in [0.1, 0.15) is 11.0 Å². The zero-order valence-corrected chi connectivity index (χ0v) is 29.8. The van der Waals surface area contributed by atoms with Crippen molar-refractivity contribution in [2.24, 2.45) is 5.92 Å². The molecule has 0 saturated heterocycles. The highest BCUT2D eigenvalue weighted by atomic mass is 32.1. The second-order valence-electron chi connectivity index (χ2n) is 13.1. The van der Waals surface area contributed by atoms with Crippen molar-refractivity contribution in [1.29, 1.82) is 0 Å². The molecule has 0 fully saturated rings. The fourth-order valence-corrected chi connectivity index (χ4v) is 8.25. The van der Waals surface area contributed by atoms with Crippen LogP contribution >= 0.6 is 22.7 Å². The van der Waals surface area contributed by atoms with Crippen LogP contribution in [-0.2, 0) is 6.54 Å². The van der Waals surface area contributed by atoms with Crippen molar-refractivity contribution in [2.45, 2.75) is 149 Å². The van der Waals surface area contributed by atoms with Crippen LogP contribution in [0.2, 0.25) is 0 Å². The summed E-state index contributed by atoms with van der Waals surface area (Å²) >= 11 is 3.35. The summed E-state index contributed by atoms with van der Waals surface area (Å²) in [7, 11) is 0. The van der Waals surface area contributed by atoms with Crippen LogP contribution < -0.4 is 11.5 Å². The van der Waals surface area contributed by atoms with Gasteiger partial charge in [0.15, 0.2) is 0 Å². The monoisotopic (exact) mass is 649 g/mol. The molecule has 0 aliphatic heterocycles. The van der Waals surface area contributed by atoms with Gasteiger partial charge in [0.2, 0.25) is 0 Å². The fraction of sp³-hybridized carbons (Fsp3) is 0.632. The van der Waals surface area contributed by atoms with Gasteiger partial charge in [-0.1, -0.05) is 142 Å². The summed E-state index contributed by atoms with van der Waals surface area (Å²) < 4.78 is 0. The Morgan fingerprint density at radius 3 is 1.31 bits per heavy atom. The molecule has 0 radical (unpaired) electrons. The molecule has 0 aliphatic rings. The van der Waals surface area contributed by atoms with Crippen molar-refractivity contribution in [2.75, 3.05) is 11.5 Å². The summed E-state index contributed by atoms with van der Waals surface area (Å²) in [5, 5.41) is 14.5. The third-order valence-electron chi connectivity index (χ3n) is 9.35. The van der Waals surface area contributed by atoms with Crippen molar-refractivity contribution in [3.05, 3.63) is 35.0 Å². The lowest BCUT2D eigenvalue weighted by atomic mass is 9.94. The molecule has 3 aromatic heterocycles. The van der Waals surface area contributed by atoms with Gasteiger partial charge in [-0.2, -0.15) is 15.0 Å². The van der Waals surface area contributed by atoms with Gasteiger partial charge in [-0.25, -0.2) is 0 Å². The maximum absolute atomic E-state index is 6.74. The Hall–Kier alpha value is -2.38. The van der Waals surface area contributed by atoms with Gasteiger partial charge in [0.05, 0.1) is 17.9 Å².